The van der Waals surface area contributed by atoms with Gasteiger partial charge in [0.2, 0.25) is 11.7 Å². The average Bonchev–Trinajstić information content (AvgIpc) is 2.76. The summed E-state index contributed by atoms with van der Waals surface area (Å²) in [6.45, 7) is 10.9. The number of hydrogen-bond acceptors (Lipinski definition) is 5. The van der Waals surface area contributed by atoms with Gasteiger partial charge in [-0.1, -0.05) is 19.0 Å². The highest BCUT2D eigenvalue weighted by Gasteiger charge is 2.27. The van der Waals surface area contributed by atoms with Crippen molar-refractivity contribution in [1.29, 1.82) is 0 Å². The van der Waals surface area contributed by atoms with Crippen molar-refractivity contribution in [2.45, 2.75) is 59.1 Å². The maximum absolute atomic E-state index is 5.62. The molecule has 5 nitrogen and oxygen atoms in total. The lowest BCUT2D eigenvalue weighted by Crippen LogP contribution is -2.29. The molecule has 1 N–H and O–H groups in total. The lowest BCUT2D eigenvalue weighted by molar-refractivity contribution is -0.0221. The van der Waals surface area contributed by atoms with E-state index in [0.717, 1.165) is 12.8 Å². The monoisotopic (exact) mass is 269 g/mol. The lowest BCUT2D eigenvalue weighted by Gasteiger charge is -2.19. The van der Waals surface area contributed by atoms with Gasteiger partial charge >= 0.3 is 0 Å². The van der Waals surface area contributed by atoms with E-state index < -0.39 is 5.60 Å². The minimum absolute atomic E-state index is 0.364. The normalized spacial score (nSPS) is 14.1. The molecular formula is C14H27N3O2. The van der Waals surface area contributed by atoms with E-state index >= 15 is 0 Å². The van der Waals surface area contributed by atoms with Crippen molar-refractivity contribution in [3.8, 4) is 0 Å². The van der Waals surface area contributed by atoms with Gasteiger partial charge in [0.15, 0.2) is 0 Å². The van der Waals surface area contributed by atoms with Crippen molar-refractivity contribution in [3.05, 3.63) is 11.7 Å². The highest BCUT2D eigenvalue weighted by atomic mass is 16.5. The fraction of sp³-hybridized carbons (Fsp3) is 0.857. The standard InChI is InChI=1S/C14H27N3O2/c1-7-18-14(4,5)13-16-12(19-17-13)9-11(15-6)8-10(2)3/h10-11,15H,7-9H2,1-6H3. The van der Waals surface area contributed by atoms with E-state index in [9.17, 15) is 0 Å². The van der Waals surface area contributed by atoms with Crippen LogP contribution in [0.2, 0.25) is 0 Å². The van der Waals surface area contributed by atoms with Crippen LogP contribution in [0.3, 0.4) is 0 Å². The summed E-state index contributed by atoms with van der Waals surface area (Å²) in [5, 5.41) is 7.33. The molecule has 110 valence electrons. The Labute approximate surface area is 116 Å². The maximum Gasteiger partial charge on any atom is 0.228 e. The number of rotatable bonds is 8. The molecule has 0 bridgehead atoms. The van der Waals surface area contributed by atoms with Crippen molar-refractivity contribution in [2.24, 2.45) is 5.92 Å². The van der Waals surface area contributed by atoms with Gasteiger partial charge in [0.1, 0.15) is 5.60 Å². The Hall–Kier alpha value is -0.940. The minimum atomic E-state index is -0.496. The van der Waals surface area contributed by atoms with Crippen molar-refractivity contribution in [3.63, 3.8) is 0 Å². The first-order valence-corrected chi connectivity index (χ1v) is 7.03. The number of aromatic nitrogens is 2. The van der Waals surface area contributed by atoms with Gasteiger partial charge in [-0.25, -0.2) is 0 Å². The largest absolute Gasteiger partial charge is 0.368 e. The van der Waals surface area contributed by atoms with Crippen LogP contribution in [-0.2, 0) is 16.8 Å². The molecule has 0 radical (unpaired) electrons. The lowest BCUT2D eigenvalue weighted by atomic mass is 10.0. The maximum atomic E-state index is 5.62. The number of likely N-dealkylation sites (N-methyl/N-ethyl adjacent to an activating group) is 1. The number of nitrogens with zero attached hydrogens (tertiary/aromatic N) is 2. The van der Waals surface area contributed by atoms with Crippen molar-refractivity contribution < 1.29 is 9.26 Å². The summed E-state index contributed by atoms with van der Waals surface area (Å²) in [7, 11) is 1.97. The smallest absolute Gasteiger partial charge is 0.228 e. The van der Waals surface area contributed by atoms with E-state index in [-0.39, 0.29) is 0 Å². The zero-order chi connectivity index (χ0) is 14.5. The number of ether oxygens (including phenoxy) is 1. The first-order valence-electron chi connectivity index (χ1n) is 7.03. The van der Waals surface area contributed by atoms with E-state index in [1.165, 1.54) is 0 Å². The van der Waals surface area contributed by atoms with Gasteiger partial charge < -0.3 is 14.6 Å². The SMILES string of the molecule is CCOC(C)(C)c1noc(CC(CC(C)C)NC)n1. The summed E-state index contributed by atoms with van der Waals surface area (Å²) in [4.78, 5) is 4.45. The third-order valence-corrected chi connectivity index (χ3v) is 3.10. The minimum Gasteiger partial charge on any atom is -0.368 e. The van der Waals surface area contributed by atoms with Gasteiger partial charge in [-0.3, -0.25) is 0 Å². The van der Waals surface area contributed by atoms with Crippen LogP contribution in [0.4, 0.5) is 0 Å². The van der Waals surface area contributed by atoms with Gasteiger partial charge in [0.05, 0.1) is 0 Å². The number of hydrogen-bond donors (Lipinski definition) is 1. The van der Waals surface area contributed by atoms with Gasteiger partial charge in [-0.2, -0.15) is 4.98 Å². The first kappa shape index (κ1) is 16.1. The Morgan fingerprint density at radius 2 is 2.05 bits per heavy atom. The molecule has 1 atom stereocenters. The molecule has 5 heteroatoms. The molecule has 1 heterocycles. The van der Waals surface area contributed by atoms with Crippen molar-refractivity contribution in [1.82, 2.24) is 15.5 Å². The Bertz CT molecular complexity index is 375. The summed E-state index contributed by atoms with van der Waals surface area (Å²) < 4.78 is 11.0. The summed E-state index contributed by atoms with van der Waals surface area (Å²) >= 11 is 0. The molecule has 1 unspecified atom stereocenters. The van der Waals surface area contributed by atoms with E-state index in [2.05, 4.69) is 29.3 Å². The Morgan fingerprint density at radius 1 is 1.37 bits per heavy atom. The van der Waals surface area contributed by atoms with Crippen LogP contribution in [0.15, 0.2) is 4.52 Å². The third-order valence-electron chi connectivity index (χ3n) is 3.10. The van der Waals surface area contributed by atoms with Crippen LogP contribution in [0.5, 0.6) is 0 Å². The van der Waals surface area contributed by atoms with Gasteiger partial charge in [0, 0.05) is 19.1 Å². The zero-order valence-corrected chi connectivity index (χ0v) is 13.0. The molecular weight excluding hydrogens is 242 g/mol. The molecule has 0 saturated heterocycles. The first-order chi connectivity index (χ1) is 8.89. The van der Waals surface area contributed by atoms with Gasteiger partial charge in [-0.15, -0.1) is 0 Å². The zero-order valence-electron chi connectivity index (χ0n) is 13.0. The predicted molar refractivity (Wildman–Crippen MR) is 75.0 cm³/mol. The Morgan fingerprint density at radius 3 is 2.58 bits per heavy atom. The van der Waals surface area contributed by atoms with Crippen LogP contribution < -0.4 is 5.32 Å². The molecule has 0 saturated carbocycles. The van der Waals surface area contributed by atoms with Crippen LogP contribution in [0.1, 0.15) is 52.8 Å². The summed E-state index contributed by atoms with van der Waals surface area (Å²) in [5.41, 5.74) is -0.496. The summed E-state index contributed by atoms with van der Waals surface area (Å²) in [6.07, 6.45) is 1.84. The molecule has 1 rings (SSSR count). The molecule has 1 aromatic heterocycles. The van der Waals surface area contributed by atoms with Gasteiger partial charge in [0.25, 0.3) is 0 Å². The van der Waals surface area contributed by atoms with Crippen molar-refractivity contribution in [2.75, 3.05) is 13.7 Å². The quantitative estimate of drug-likeness (QED) is 0.785. The molecule has 1 aromatic rings. The molecule has 0 aliphatic carbocycles. The van der Waals surface area contributed by atoms with E-state index in [4.69, 9.17) is 9.26 Å². The van der Waals surface area contributed by atoms with Crippen LogP contribution in [0.25, 0.3) is 0 Å². The van der Waals surface area contributed by atoms with Crippen LogP contribution in [-0.4, -0.2) is 29.8 Å². The van der Waals surface area contributed by atoms with E-state index in [0.29, 0.717) is 30.3 Å². The second-order valence-corrected chi connectivity index (χ2v) is 5.77. The molecule has 0 fully saturated rings. The molecule has 0 aromatic carbocycles. The van der Waals surface area contributed by atoms with E-state index in [1.54, 1.807) is 0 Å². The molecule has 0 spiro atoms. The van der Waals surface area contributed by atoms with Crippen LogP contribution in [0, 0.1) is 5.92 Å². The Kier molecular flexibility index (Phi) is 5.94. The van der Waals surface area contributed by atoms with Crippen LogP contribution >= 0.6 is 0 Å². The third kappa shape index (κ3) is 4.91. The highest BCUT2D eigenvalue weighted by Crippen LogP contribution is 2.22. The predicted octanol–water partition coefficient (Wildman–Crippen LogP) is 2.52. The fourth-order valence-electron chi connectivity index (χ4n) is 2.09. The molecule has 0 amide bonds. The highest BCUT2D eigenvalue weighted by molar-refractivity contribution is 4.98. The van der Waals surface area contributed by atoms with Crippen molar-refractivity contribution >= 4 is 0 Å². The fourth-order valence-corrected chi connectivity index (χ4v) is 2.09. The summed E-state index contributed by atoms with van der Waals surface area (Å²) in [6, 6.07) is 0.364. The molecule has 0 aliphatic rings. The summed E-state index contributed by atoms with van der Waals surface area (Å²) in [5.74, 6) is 1.92. The second kappa shape index (κ2) is 7.01. The van der Waals surface area contributed by atoms with E-state index in [1.807, 2.05) is 27.8 Å². The van der Waals surface area contributed by atoms with Gasteiger partial charge in [-0.05, 0) is 40.2 Å². The molecule has 19 heavy (non-hydrogen) atoms. The molecule has 0 aliphatic heterocycles. The Balaban J connectivity index is 2.68. The topological polar surface area (TPSA) is 60.2 Å². The average molecular weight is 269 g/mol. The second-order valence-electron chi connectivity index (χ2n) is 5.77. The number of nitrogens with one attached hydrogen (secondary N) is 1.